The van der Waals surface area contributed by atoms with E-state index in [2.05, 4.69) is 14.5 Å². The third-order valence-corrected chi connectivity index (χ3v) is 3.84. The Morgan fingerprint density at radius 1 is 0.475 bits per heavy atom. The van der Waals surface area contributed by atoms with Gasteiger partial charge in [0.15, 0.2) is 0 Å². The molecular formula is C21H12FeN3O15. The average molecular weight is 602 g/mol. The number of hydrogen-bond donors (Lipinski definition) is 0. The monoisotopic (exact) mass is 602 g/mol. The maximum atomic E-state index is 10.4. The predicted octanol–water partition coefficient (Wildman–Crippen LogP) is -1.14. The van der Waals surface area contributed by atoms with Gasteiger partial charge in [0.1, 0.15) is 17.2 Å². The van der Waals surface area contributed by atoms with Gasteiger partial charge in [-0.2, -0.15) is 0 Å². The third kappa shape index (κ3) is 12.0. The van der Waals surface area contributed by atoms with Gasteiger partial charge in [-0.1, -0.05) is 54.6 Å². The van der Waals surface area contributed by atoms with Crippen LogP contribution in [0.2, 0.25) is 0 Å². The van der Waals surface area contributed by atoms with Crippen LogP contribution in [-0.2, 0) is 17.1 Å². The molecule has 1 radical (unpaired) electrons. The maximum absolute atomic E-state index is 10.4. The minimum absolute atomic E-state index is 0. The zero-order valence-corrected chi connectivity index (χ0v) is 20.4. The number of benzene rings is 3. The Balaban J connectivity index is 0.000000563. The van der Waals surface area contributed by atoms with Crippen LogP contribution < -0.4 is 29.8 Å². The second-order valence-corrected chi connectivity index (χ2v) is 6.30. The molecule has 0 aliphatic rings. The summed E-state index contributed by atoms with van der Waals surface area (Å²) < 4.78 is 0. The van der Waals surface area contributed by atoms with E-state index in [4.69, 9.17) is 0 Å². The van der Waals surface area contributed by atoms with Crippen molar-refractivity contribution in [1.82, 2.24) is 0 Å². The molecule has 3 aromatic carbocycles. The summed E-state index contributed by atoms with van der Waals surface area (Å²) in [5.74, 6) is -5.57. The van der Waals surface area contributed by atoms with Crippen molar-refractivity contribution in [1.29, 1.82) is 0 Å². The van der Waals surface area contributed by atoms with Gasteiger partial charge < -0.3 is 29.7 Å². The van der Waals surface area contributed by atoms with E-state index >= 15 is 0 Å². The molecule has 0 amide bonds. The summed E-state index contributed by atoms with van der Waals surface area (Å²) in [4.78, 5) is 72.9. The first-order valence-electron chi connectivity index (χ1n) is 9.71. The van der Waals surface area contributed by atoms with Gasteiger partial charge in [-0.15, -0.1) is 30.3 Å². The number of carboxylic acid groups (broad SMARTS) is 3. The van der Waals surface area contributed by atoms with Crippen molar-refractivity contribution in [3.8, 4) is 17.2 Å². The fourth-order valence-corrected chi connectivity index (χ4v) is 2.39. The largest absolute Gasteiger partial charge is 3.00 e. The van der Waals surface area contributed by atoms with Crippen LogP contribution in [0.1, 0.15) is 31.1 Å². The zero-order valence-electron chi connectivity index (χ0n) is 19.2. The molecule has 209 valence electrons. The first-order valence-corrected chi connectivity index (χ1v) is 9.71. The van der Waals surface area contributed by atoms with Crippen molar-refractivity contribution in [3.05, 3.63) is 120 Å². The molecule has 3 rings (SSSR count). The van der Waals surface area contributed by atoms with E-state index in [0.717, 1.165) is 18.2 Å². The Bertz CT molecular complexity index is 1220. The Labute approximate surface area is 231 Å². The summed E-state index contributed by atoms with van der Waals surface area (Å²) in [7, 11) is 0. The van der Waals surface area contributed by atoms with Crippen LogP contribution in [0.5, 0.6) is 17.2 Å². The maximum Gasteiger partial charge on any atom is 3.00 e. The molecule has 40 heavy (non-hydrogen) atoms. The summed E-state index contributed by atoms with van der Waals surface area (Å²) in [5, 5.41) is 57.7. The molecule has 0 saturated carbocycles. The number of carbonyl (C=O) groups is 3. The normalized spacial score (nSPS) is 9.00. The summed E-state index contributed by atoms with van der Waals surface area (Å²) in [6, 6.07) is 15.5. The van der Waals surface area contributed by atoms with E-state index in [0.29, 0.717) is 0 Å². The number of para-hydroxylation sites is 3. The van der Waals surface area contributed by atoms with E-state index in [-0.39, 0.29) is 51.0 Å². The van der Waals surface area contributed by atoms with Crippen molar-refractivity contribution in [2.75, 3.05) is 0 Å². The van der Waals surface area contributed by atoms with E-state index in [9.17, 15) is 60.0 Å². The number of hydrogen-bond acceptors (Lipinski definition) is 15. The average Bonchev–Trinajstić information content (AvgIpc) is 2.84. The molecule has 0 heterocycles. The Morgan fingerprint density at radius 2 is 0.675 bits per heavy atom. The molecule has 0 aliphatic carbocycles. The van der Waals surface area contributed by atoms with Crippen molar-refractivity contribution in [2.45, 2.75) is 0 Å². The molecule has 3 aromatic rings. The third-order valence-electron chi connectivity index (χ3n) is 3.84. The van der Waals surface area contributed by atoms with Gasteiger partial charge in [-0.3, -0.25) is 14.5 Å². The first-order chi connectivity index (χ1) is 18.3. The summed E-state index contributed by atoms with van der Waals surface area (Å²) >= 11 is 0. The van der Waals surface area contributed by atoms with Crippen LogP contribution in [-0.4, -0.2) is 33.2 Å². The van der Waals surface area contributed by atoms with Gasteiger partial charge in [-0.05, 0) is 18.2 Å². The Hall–Kier alpha value is -5.81. The second kappa shape index (κ2) is 16.8. The van der Waals surface area contributed by atoms with Crippen LogP contribution in [0.15, 0.2) is 72.8 Å². The standard InChI is InChI=1S/3C7H5NO5.Fe/c3*9-7(10)5-3-1-2-4-6(5)13-8(11)12;/h3*1-4H,(H,9,10);/q;;;+3/p-3. The van der Waals surface area contributed by atoms with E-state index in [1.54, 1.807) is 0 Å². The van der Waals surface area contributed by atoms with Crippen molar-refractivity contribution in [2.24, 2.45) is 0 Å². The van der Waals surface area contributed by atoms with E-state index in [1.165, 1.54) is 54.6 Å². The summed E-state index contributed by atoms with van der Waals surface area (Å²) in [5.41, 5.74) is -1.04. The molecule has 0 aliphatic heterocycles. The van der Waals surface area contributed by atoms with Gasteiger partial charge in [0, 0.05) is 16.7 Å². The van der Waals surface area contributed by atoms with Crippen LogP contribution in [0, 0.1) is 30.3 Å². The molecule has 0 N–H and O–H groups in total. The quantitative estimate of drug-likeness (QED) is 0.159. The molecule has 0 fully saturated rings. The second-order valence-electron chi connectivity index (χ2n) is 6.30. The smallest absolute Gasteiger partial charge is 0.545 e. The van der Waals surface area contributed by atoms with Crippen LogP contribution in [0.25, 0.3) is 0 Å². The zero-order chi connectivity index (χ0) is 29.5. The minimum atomic E-state index is -1.52. The fourth-order valence-electron chi connectivity index (χ4n) is 2.39. The van der Waals surface area contributed by atoms with Crippen molar-refractivity contribution in [3.63, 3.8) is 0 Å². The number of carbonyl (C=O) groups excluding carboxylic acids is 3. The molecule has 0 unspecified atom stereocenters. The van der Waals surface area contributed by atoms with Crippen LogP contribution in [0.3, 0.4) is 0 Å². The Morgan fingerprint density at radius 3 is 0.850 bits per heavy atom. The van der Waals surface area contributed by atoms with Gasteiger partial charge >= 0.3 is 17.1 Å². The van der Waals surface area contributed by atoms with Gasteiger partial charge in [0.05, 0.1) is 17.9 Å². The fraction of sp³-hybridized carbons (Fsp3) is 0. The SMILES string of the molecule is O=C([O-])c1ccccc1O[N+](=O)[O-].O=C([O-])c1ccccc1O[N+](=O)[O-].O=C([O-])c1ccccc1O[N+](=O)[O-].[Fe+3]. The van der Waals surface area contributed by atoms with Crippen molar-refractivity contribution < 1.29 is 76.5 Å². The van der Waals surface area contributed by atoms with E-state index < -0.39 is 33.2 Å². The minimum Gasteiger partial charge on any atom is -0.545 e. The van der Waals surface area contributed by atoms with E-state index in [1.807, 2.05) is 0 Å². The molecule has 18 nitrogen and oxygen atoms in total. The topological polar surface area (TPSA) is 277 Å². The number of carboxylic acids is 3. The molecular weight excluding hydrogens is 590 g/mol. The molecule has 0 aromatic heterocycles. The number of aromatic carboxylic acids is 3. The molecule has 0 saturated heterocycles. The van der Waals surface area contributed by atoms with Gasteiger partial charge in [0.2, 0.25) is 0 Å². The van der Waals surface area contributed by atoms with Gasteiger partial charge in [0.25, 0.3) is 15.3 Å². The van der Waals surface area contributed by atoms with Crippen molar-refractivity contribution >= 4 is 17.9 Å². The molecule has 0 bridgehead atoms. The van der Waals surface area contributed by atoms with Crippen LogP contribution >= 0.6 is 0 Å². The molecule has 19 heteroatoms. The molecule has 0 spiro atoms. The summed E-state index contributed by atoms with van der Waals surface area (Å²) in [6.45, 7) is 0. The molecule has 0 atom stereocenters. The summed E-state index contributed by atoms with van der Waals surface area (Å²) in [6.07, 6.45) is 0. The first kappa shape index (κ1) is 34.2. The predicted molar refractivity (Wildman–Crippen MR) is 115 cm³/mol. The number of rotatable bonds is 9. The van der Waals surface area contributed by atoms with Gasteiger partial charge in [-0.25, -0.2) is 0 Å². The number of nitrogens with zero attached hydrogens (tertiary/aromatic N) is 3. The van der Waals surface area contributed by atoms with Crippen LogP contribution in [0.4, 0.5) is 0 Å². The Kier molecular flexibility index (Phi) is 14.4.